The van der Waals surface area contributed by atoms with E-state index in [9.17, 15) is 4.79 Å². The fourth-order valence-corrected chi connectivity index (χ4v) is 2.63. The number of carbonyl (C=O) groups is 1. The predicted octanol–water partition coefficient (Wildman–Crippen LogP) is 3.31. The Hall–Kier alpha value is -1.89. The Bertz CT molecular complexity index is 544. The summed E-state index contributed by atoms with van der Waals surface area (Å²) in [5, 5.41) is 0. The van der Waals surface area contributed by atoms with Gasteiger partial charge in [0.25, 0.3) is 0 Å². The maximum Gasteiger partial charge on any atom is 0.152 e. The van der Waals surface area contributed by atoms with Crippen LogP contribution in [0.25, 0.3) is 0 Å². The Kier molecular flexibility index (Phi) is 2.15. The van der Waals surface area contributed by atoms with Crippen LogP contribution in [0.4, 0.5) is 0 Å². The second-order valence-electron chi connectivity index (χ2n) is 4.78. The first kappa shape index (κ1) is 10.3. The minimum atomic E-state index is -0.317. The van der Waals surface area contributed by atoms with Crippen LogP contribution in [-0.2, 0) is 10.2 Å². The summed E-state index contributed by atoms with van der Waals surface area (Å²) in [5.74, 6) is 0.362. The van der Waals surface area contributed by atoms with Gasteiger partial charge in [0.2, 0.25) is 0 Å². The fourth-order valence-electron chi connectivity index (χ4n) is 2.63. The third-order valence-electron chi connectivity index (χ3n) is 3.77. The van der Waals surface area contributed by atoms with E-state index in [-0.39, 0.29) is 11.3 Å². The van der Waals surface area contributed by atoms with Crippen molar-refractivity contribution in [3.8, 4) is 0 Å². The summed E-state index contributed by atoms with van der Waals surface area (Å²) in [5.41, 5.74) is 1.94. The van der Waals surface area contributed by atoms with Gasteiger partial charge in [0.05, 0.1) is 11.3 Å². The Labute approximate surface area is 101 Å². The van der Waals surface area contributed by atoms with Crippen LogP contribution in [0.3, 0.4) is 0 Å². The van der Waals surface area contributed by atoms with Gasteiger partial charge in [-0.25, -0.2) is 0 Å². The first-order valence-corrected chi connectivity index (χ1v) is 5.89. The van der Waals surface area contributed by atoms with Crippen molar-refractivity contribution in [2.75, 3.05) is 0 Å². The number of carbonyl (C=O) groups excluding carboxylic acids is 1. The van der Waals surface area contributed by atoms with Gasteiger partial charge < -0.3 is 0 Å². The second-order valence-corrected chi connectivity index (χ2v) is 4.78. The number of Topliss-reactive ketones (excluding diaryl/α,β-unsaturated/α-hetero) is 1. The lowest BCUT2D eigenvalue weighted by atomic mass is 9.93. The van der Waals surface area contributed by atoms with E-state index in [1.165, 1.54) is 0 Å². The van der Waals surface area contributed by atoms with Crippen LogP contribution in [0.5, 0.6) is 0 Å². The van der Waals surface area contributed by atoms with Gasteiger partial charge in [0, 0.05) is 0 Å². The molecule has 0 amide bonds. The number of hydrogen-bond donors (Lipinski definition) is 0. The molecular formula is C16H14O. The summed E-state index contributed by atoms with van der Waals surface area (Å²) in [4.78, 5) is 12.1. The summed E-state index contributed by atoms with van der Waals surface area (Å²) in [6.45, 7) is 2.04. The highest BCUT2D eigenvalue weighted by molar-refractivity contribution is 6.13. The van der Waals surface area contributed by atoms with Crippen LogP contribution in [0.2, 0.25) is 0 Å². The van der Waals surface area contributed by atoms with Crippen molar-refractivity contribution in [3.63, 3.8) is 0 Å². The Morgan fingerprint density at radius 3 is 2.00 bits per heavy atom. The van der Waals surface area contributed by atoms with Crippen molar-refractivity contribution < 1.29 is 4.79 Å². The molecule has 0 heterocycles. The van der Waals surface area contributed by atoms with Gasteiger partial charge in [-0.1, -0.05) is 60.7 Å². The van der Waals surface area contributed by atoms with E-state index in [1.807, 2.05) is 67.6 Å². The van der Waals surface area contributed by atoms with Crippen LogP contribution >= 0.6 is 0 Å². The van der Waals surface area contributed by atoms with Crippen molar-refractivity contribution in [1.82, 2.24) is 0 Å². The molecule has 2 aromatic carbocycles. The molecule has 0 spiro atoms. The molecule has 84 valence electrons. The molecule has 1 nitrogen and oxygen atoms in total. The summed E-state index contributed by atoms with van der Waals surface area (Å²) < 4.78 is 0. The molecule has 2 aromatic rings. The van der Waals surface area contributed by atoms with Gasteiger partial charge in [-0.2, -0.15) is 0 Å². The monoisotopic (exact) mass is 222 g/mol. The molecule has 0 aliphatic heterocycles. The van der Waals surface area contributed by atoms with E-state index < -0.39 is 0 Å². The maximum atomic E-state index is 12.1. The van der Waals surface area contributed by atoms with Gasteiger partial charge in [-0.05, 0) is 18.1 Å². The molecule has 1 aliphatic carbocycles. The Balaban J connectivity index is 2.00. The zero-order valence-corrected chi connectivity index (χ0v) is 9.76. The van der Waals surface area contributed by atoms with E-state index in [2.05, 4.69) is 0 Å². The molecule has 0 radical (unpaired) electrons. The topological polar surface area (TPSA) is 17.1 Å². The fraction of sp³-hybridized carbons (Fsp3) is 0.188. The molecule has 1 heteroatoms. The largest absolute Gasteiger partial charge is 0.298 e. The van der Waals surface area contributed by atoms with Crippen LogP contribution in [0.15, 0.2) is 60.7 Å². The predicted molar refractivity (Wildman–Crippen MR) is 68.0 cm³/mol. The van der Waals surface area contributed by atoms with E-state index in [0.717, 1.165) is 11.1 Å². The van der Waals surface area contributed by atoms with E-state index in [4.69, 9.17) is 0 Å². The average Bonchev–Trinajstić information content (AvgIpc) is 2.95. The molecule has 0 saturated heterocycles. The highest BCUT2D eigenvalue weighted by Crippen LogP contribution is 2.56. The molecular weight excluding hydrogens is 208 g/mol. The van der Waals surface area contributed by atoms with Gasteiger partial charge in [0.15, 0.2) is 5.78 Å². The zero-order chi connectivity index (χ0) is 11.9. The van der Waals surface area contributed by atoms with Crippen LogP contribution in [-0.4, -0.2) is 5.78 Å². The Morgan fingerprint density at radius 2 is 1.41 bits per heavy atom. The molecule has 0 bridgehead atoms. The number of benzene rings is 2. The molecule has 1 fully saturated rings. The molecule has 0 N–H and O–H groups in total. The minimum Gasteiger partial charge on any atom is -0.298 e. The first-order chi connectivity index (χ1) is 8.24. The zero-order valence-electron chi connectivity index (χ0n) is 9.76. The van der Waals surface area contributed by atoms with Gasteiger partial charge in [0.1, 0.15) is 0 Å². The van der Waals surface area contributed by atoms with E-state index in [1.54, 1.807) is 0 Å². The lowest BCUT2D eigenvalue weighted by Crippen LogP contribution is -2.05. The number of hydrogen-bond acceptors (Lipinski definition) is 1. The van der Waals surface area contributed by atoms with Gasteiger partial charge in [-0.15, -0.1) is 0 Å². The third kappa shape index (κ3) is 1.42. The van der Waals surface area contributed by atoms with Crippen molar-refractivity contribution in [2.45, 2.75) is 18.3 Å². The third-order valence-corrected chi connectivity index (χ3v) is 3.77. The van der Waals surface area contributed by atoms with E-state index in [0.29, 0.717) is 5.78 Å². The SMILES string of the molecule is C[C@]1(c2ccccc2)C(=O)C1c1ccccc1. The minimum absolute atomic E-state index is 0.0334. The molecule has 1 unspecified atom stereocenters. The highest BCUT2D eigenvalue weighted by atomic mass is 16.1. The molecule has 17 heavy (non-hydrogen) atoms. The van der Waals surface area contributed by atoms with Crippen LogP contribution in [0, 0.1) is 0 Å². The lowest BCUT2D eigenvalue weighted by molar-refractivity contribution is -0.111. The van der Waals surface area contributed by atoms with Crippen LogP contribution < -0.4 is 0 Å². The molecule has 1 aliphatic rings. The summed E-state index contributed by atoms with van der Waals surface area (Å²) >= 11 is 0. The quantitative estimate of drug-likeness (QED) is 0.762. The average molecular weight is 222 g/mol. The Morgan fingerprint density at radius 1 is 0.882 bits per heavy atom. The van der Waals surface area contributed by atoms with Crippen molar-refractivity contribution in [2.24, 2.45) is 0 Å². The van der Waals surface area contributed by atoms with Gasteiger partial charge in [-0.3, -0.25) is 4.79 Å². The normalized spacial score (nSPS) is 26.9. The number of ketones is 1. The second kappa shape index (κ2) is 3.56. The standard InChI is InChI=1S/C16H14O/c1-16(13-10-6-3-7-11-13)14(15(16)17)12-8-4-2-5-9-12/h2-11,14H,1H3/t14?,16-/m1/s1. The maximum absolute atomic E-state index is 12.1. The van der Waals surface area contributed by atoms with Gasteiger partial charge >= 0.3 is 0 Å². The smallest absolute Gasteiger partial charge is 0.152 e. The van der Waals surface area contributed by atoms with Crippen molar-refractivity contribution >= 4 is 5.78 Å². The van der Waals surface area contributed by atoms with Crippen molar-refractivity contribution in [1.29, 1.82) is 0 Å². The van der Waals surface area contributed by atoms with Crippen LogP contribution in [0.1, 0.15) is 24.0 Å². The first-order valence-electron chi connectivity index (χ1n) is 5.89. The molecule has 0 aromatic heterocycles. The lowest BCUT2D eigenvalue weighted by Gasteiger charge is -2.08. The molecule has 3 rings (SSSR count). The summed E-state index contributed by atoms with van der Waals surface area (Å²) in [6.07, 6.45) is 0. The summed E-state index contributed by atoms with van der Waals surface area (Å²) in [6, 6.07) is 20.1. The molecule has 1 saturated carbocycles. The van der Waals surface area contributed by atoms with Crippen molar-refractivity contribution in [3.05, 3.63) is 71.8 Å². The molecule has 2 atom stereocenters. The van der Waals surface area contributed by atoms with E-state index >= 15 is 0 Å². The number of rotatable bonds is 2. The summed E-state index contributed by atoms with van der Waals surface area (Å²) in [7, 11) is 0. The highest BCUT2D eigenvalue weighted by Gasteiger charge is 2.62.